The molecule has 0 spiro atoms. The maximum absolute atomic E-state index is 11.6. The monoisotopic (exact) mass is 250 g/mol. The molecule has 0 aliphatic carbocycles. The Morgan fingerprint density at radius 2 is 2.17 bits per heavy atom. The largest absolute Gasteiger partial charge is 0.496 e. The minimum absolute atomic E-state index is 0.000299. The van der Waals surface area contributed by atoms with Gasteiger partial charge in [-0.2, -0.15) is 0 Å². The van der Waals surface area contributed by atoms with Crippen LogP contribution in [0.4, 0.5) is 0 Å². The van der Waals surface area contributed by atoms with Gasteiger partial charge in [-0.1, -0.05) is 26.0 Å². The molecule has 0 saturated heterocycles. The summed E-state index contributed by atoms with van der Waals surface area (Å²) in [5, 5.41) is 2.76. The number of benzene rings is 1. The van der Waals surface area contributed by atoms with Crippen LogP contribution in [0.15, 0.2) is 18.2 Å². The van der Waals surface area contributed by atoms with Crippen LogP contribution < -0.4 is 15.8 Å². The van der Waals surface area contributed by atoms with Gasteiger partial charge in [-0.15, -0.1) is 0 Å². The number of ether oxygens (including phenoxy) is 1. The molecular weight excluding hydrogens is 228 g/mol. The van der Waals surface area contributed by atoms with Gasteiger partial charge in [-0.05, 0) is 23.1 Å². The molecule has 0 unspecified atom stereocenters. The van der Waals surface area contributed by atoms with E-state index in [0.717, 1.165) is 16.9 Å². The lowest BCUT2D eigenvalue weighted by Crippen LogP contribution is -2.30. The van der Waals surface area contributed by atoms with Gasteiger partial charge in [-0.3, -0.25) is 4.79 Å². The van der Waals surface area contributed by atoms with Crippen molar-refractivity contribution in [2.45, 2.75) is 26.2 Å². The number of carbonyl (C=O) groups excluding carboxylic acids is 1. The fraction of sp³-hybridized carbons (Fsp3) is 0.500. The second-order valence-electron chi connectivity index (χ2n) is 4.55. The minimum atomic E-state index is 0.000299. The molecular formula is C14H22N2O2. The van der Waals surface area contributed by atoms with Crippen LogP contribution in [0.5, 0.6) is 5.75 Å². The molecule has 0 fully saturated rings. The van der Waals surface area contributed by atoms with E-state index in [4.69, 9.17) is 10.5 Å². The molecule has 100 valence electrons. The third-order valence-electron chi connectivity index (χ3n) is 2.75. The van der Waals surface area contributed by atoms with Crippen molar-refractivity contribution >= 4 is 5.91 Å². The molecule has 3 N–H and O–H groups in total. The molecule has 0 bridgehead atoms. The number of hydrogen-bond donors (Lipinski definition) is 2. The fourth-order valence-corrected chi connectivity index (χ4v) is 1.80. The van der Waals surface area contributed by atoms with E-state index < -0.39 is 0 Å². The number of nitrogens with one attached hydrogen (secondary N) is 1. The summed E-state index contributed by atoms with van der Waals surface area (Å²) in [4.78, 5) is 11.6. The van der Waals surface area contributed by atoms with Crippen LogP contribution in [0.3, 0.4) is 0 Å². The van der Waals surface area contributed by atoms with Crippen molar-refractivity contribution in [2.24, 2.45) is 5.73 Å². The van der Waals surface area contributed by atoms with Crippen molar-refractivity contribution in [1.82, 2.24) is 5.32 Å². The van der Waals surface area contributed by atoms with Gasteiger partial charge in [0.25, 0.3) is 0 Å². The summed E-state index contributed by atoms with van der Waals surface area (Å²) in [6.07, 6.45) is 0.379. The first-order valence-corrected chi connectivity index (χ1v) is 6.22. The van der Waals surface area contributed by atoms with Crippen LogP contribution in [0, 0.1) is 0 Å². The lowest BCUT2D eigenvalue weighted by molar-refractivity contribution is -0.120. The van der Waals surface area contributed by atoms with Crippen molar-refractivity contribution in [1.29, 1.82) is 0 Å². The van der Waals surface area contributed by atoms with E-state index in [0.29, 0.717) is 25.4 Å². The normalized spacial score (nSPS) is 10.5. The second kappa shape index (κ2) is 7.01. The molecule has 18 heavy (non-hydrogen) atoms. The molecule has 0 aliphatic heterocycles. The topological polar surface area (TPSA) is 64.3 Å². The molecule has 0 heterocycles. The number of methoxy groups -OCH3 is 1. The molecule has 0 atom stereocenters. The van der Waals surface area contributed by atoms with Crippen LogP contribution in [0.1, 0.15) is 30.9 Å². The molecule has 0 aliphatic rings. The summed E-state index contributed by atoms with van der Waals surface area (Å²) in [6.45, 7) is 5.20. The quantitative estimate of drug-likeness (QED) is 0.803. The Bertz CT molecular complexity index is 403. The van der Waals surface area contributed by atoms with Gasteiger partial charge < -0.3 is 15.8 Å². The predicted octanol–water partition coefficient (Wildman–Crippen LogP) is 1.44. The van der Waals surface area contributed by atoms with Gasteiger partial charge in [0, 0.05) is 13.1 Å². The summed E-state index contributed by atoms with van der Waals surface area (Å²) in [6, 6.07) is 5.87. The smallest absolute Gasteiger partial charge is 0.224 e. The van der Waals surface area contributed by atoms with E-state index in [-0.39, 0.29) is 5.91 Å². The number of amides is 1. The summed E-state index contributed by atoms with van der Waals surface area (Å²) in [5.41, 5.74) is 7.46. The average Bonchev–Trinajstić information content (AvgIpc) is 2.36. The Morgan fingerprint density at radius 3 is 2.72 bits per heavy atom. The van der Waals surface area contributed by atoms with Gasteiger partial charge >= 0.3 is 0 Å². The summed E-state index contributed by atoms with van der Waals surface area (Å²) < 4.78 is 5.31. The van der Waals surface area contributed by atoms with E-state index in [1.807, 2.05) is 18.2 Å². The number of hydrogen-bond acceptors (Lipinski definition) is 3. The first kappa shape index (κ1) is 14.5. The van der Waals surface area contributed by atoms with Gasteiger partial charge in [0.2, 0.25) is 5.91 Å². The Kier molecular flexibility index (Phi) is 5.65. The zero-order valence-electron chi connectivity index (χ0n) is 11.3. The van der Waals surface area contributed by atoms with E-state index in [1.54, 1.807) is 7.11 Å². The van der Waals surface area contributed by atoms with Crippen molar-refractivity contribution in [2.75, 3.05) is 20.2 Å². The Hall–Kier alpha value is -1.55. The molecule has 1 amide bonds. The summed E-state index contributed by atoms with van der Waals surface area (Å²) in [7, 11) is 1.66. The molecule has 1 rings (SSSR count). The number of rotatable bonds is 6. The second-order valence-corrected chi connectivity index (χ2v) is 4.55. The molecule has 0 saturated carbocycles. The highest BCUT2D eigenvalue weighted by atomic mass is 16.5. The van der Waals surface area contributed by atoms with Crippen LogP contribution in [0.25, 0.3) is 0 Å². The van der Waals surface area contributed by atoms with E-state index >= 15 is 0 Å². The third kappa shape index (κ3) is 4.04. The van der Waals surface area contributed by atoms with Gasteiger partial charge in [0.05, 0.1) is 13.5 Å². The zero-order valence-corrected chi connectivity index (χ0v) is 11.3. The average molecular weight is 250 g/mol. The van der Waals surface area contributed by atoms with Crippen LogP contribution in [0.2, 0.25) is 0 Å². The molecule has 1 aromatic rings. The number of nitrogens with two attached hydrogens (primary N) is 1. The van der Waals surface area contributed by atoms with Gasteiger partial charge in [0.15, 0.2) is 0 Å². The lowest BCUT2D eigenvalue weighted by atomic mass is 9.98. The number of carbonyl (C=O) groups is 1. The van der Waals surface area contributed by atoms with E-state index in [1.165, 1.54) is 0 Å². The standard InChI is InChI=1S/C14H22N2O2/c1-10(2)12-8-11(4-5-13(12)18-3)9-14(17)16-7-6-15/h4-5,8,10H,6-7,9,15H2,1-3H3,(H,16,17). The highest BCUT2D eigenvalue weighted by Gasteiger charge is 2.10. The van der Waals surface area contributed by atoms with E-state index in [9.17, 15) is 4.79 Å². The summed E-state index contributed by atoms with van der Waals surface area (Å²) >= 11 is 0. The highest BCUT2D eigenvalue weighted by Crippen LogP contribution is 2.27. The lowest BCUT2D eigenvalue weighted by Gasteiger charge is -2.13. The Morgan fingerprint density at radius 1 is 1.44 bits per heavy atom. The molecule has 4 heteroatoms. The SMILES string of the molecule is COc1ccc(CC(=O)NCCN)cc1C(C)C. The Balaban J connectivity index is 2.78. The van der Waals surface area contributed by atoms with Crippen molar-refractivity contribution in [3.8, 4) is 5.75 Å². The van der Waals surface area contributed by atoms with Crippen LogP contribution >= 0.6 is 0 Å². The van der Waals surface area contributed by atoms with Gasteiger partial charge in [-0.25, -0.2) is 0 Å². The highest BCUT2D eigenvalue weighted by molar-refractivity contribution is 5.78. The predicted molar refractivity (Wildman–Crippen MR) is 72.9 cm³/mol. The fourth-order valence-electron chi connectivity index (χ4n) is 1.80. The van der Waals surface area contributed by atoms with Crippen molar-refractivity contribution < 1.29 is 9.53 Å². The zero-order chi connectivity index (χ0) is 13.5. The molecule has 0 aromatic heterocycles. The maximum Gasteiger partial charge on any atom is 0.224 e. The summed E-state index contributed by atoms with van der Waals surface area (Å²) in [5.74, 6) is 1.24. The van der Waals surface area contributed by atoms with Crippen molar-refractivity contribution in [3.63, 3.8) is 0 Å². The maximum atomic E-state index is 11.6. The third-order valence-corrected chi connectivity index (χ3v) is 2.75. The van der Waals surface area contributed by atoms with Gasteiger partial charge in [0.1, 0.15) is 5.75 Å². The van der Waals surface area contributed by atoms with Crippen molar-refractivity contribution in [3.05, 3.63) is 29.3 Å². The van der Waals surface area contributed by atoms with Crippen LogP contribution in [-0.4, -0.2) is 26.1 Å². The first-order valence-electron chi connectivity index (χ1n) is 6.22. The molecule has 0 radical (unpaired) electrons. The Labute approximate surface area is 109 Å². The van der Waals surface area contributed by atoms with Crippen LogP contribution in [-0.2, 0) is 11.2 Å². The molecule has 4 nitrogen and oxygen atoms in total. The molecule has 1 aromatic carbocycles. The first-order chi connectivity index (χ1) is 8.58. The minimum Gasteiger partial charge on any atom is -0.496 e. The van der Waals surface area contributed by atoms with E-state index in [2.05, 4.69) is 19.2 Å².